The number of pyridine rings is 1. The van der Waals surface area contributed by atoms with Gasteiger partial charge in [-0.25, -0.2) is 4.98 Å². The fourth-order valence-electron chi connectivity index (χ4n) is 2.24. The van der Waals surface area contributed by atoms with Crippen molar-refractivity contribution < 1.29 is 0 Å². The van der Waals surface area contributed by atoms with E-state index in [0.29, 0.717) is 16.2 Å². The molecule has 1 aromatic carbocycles. The average Bonchev–Trinajstić information content (AvgIpc) is 2.79. The maximum absolute atomic E-state index is 9.38. The Morgan fingerprint density at radius 3 is 2.65 bits per heavy atom. The quantitative estimate of drug-likeness (QED) is 0.718. The van der Waals surface area contributed by atoms with E-state index < -0.39 is 0 Å². The van der Waals surface area contributed by atoms with E-state index in [2.05, 4.69) is 21.3 Å². The van der Waals surface area contributed by atoms with Gasteiger partial charge in [0.05, 0.1) is 5.39 Å². The summed E-state index contributed by atoms with van der Waals surface area (Å²) in [6.07, 6.45) is 0. The molecule has 0 aliphatic rings. The van der Waals surface area contributed by atoms with E-state index in [1.54, 1.807) is 12.1 Å². The van der Waals surface area contributed by atoms with Gasteiger partial charge in [-0.2, -0.15) is 10.4 Å². The Morgan fingerprint density at radius 1 is 1.30 bits per heavy atom. The number of hydrogen-bond donors (Lipinski definition) is 2. The van der Waals surface area contributed by atoms with Gasteiger partial charge in [-0.05, 0) is 24.6 Å². The highest BCUT2D eigenvalue weighted by Gasteiger charge is 2.18. The third-order valence-corrected chi connectivity index (χ3v) is 3.41. The number of aryl methyl sites for hydroxylation is 1. The van der Waals surface area contributed by atoms with Gasteiger partial charge in [0.2, 0.25) is 0 Å². The van der Waals surface area contributed by atoms with Crippen LogP contribution in [0.1, 0.15) is 11.3 Å². The molecule has 3 aromatic rings. The number of nitrogen functional groups attached to an aromatic ring is 1. The fraction of sp³-hybridized carbons (Fsp3) is 0.0714. The highest BCUT2D eigenvalue weighted by atomic mass is 35.5. The minimum Gasteiger partial charge on any atom is -0.383 e. The number of fused-ring (bicyclic) bond motifs is 1. The molecule has 0 saturated carbocycles. The second-order valence-electron chi connectivity index (χ2n) is 4.41. The molecule has 0 bridgehead atoms. The third kappa shape index (κ3) is 1.78. The van der Waals surface area contributed by atoms with Crippen LogP contribution in [0.15, 0.2) is 24.3 Å². The predicted molar refractivity (Wildman–Crippen MR) is 78.2 cm³/mol. The lowest BCUT2D eigenvalue weighted by Gasteiger charge is -2.08. The van der Waals surface area contributed by atoms with E-state index in [1.807, 2.05) is 19.1 Å². The van der Waals surface area contributed by atoms with Crippen LogP contribution in [0.3, 0.4) is 0 Å². The molecule has 0 atom stereocenters. The Labute approximate surface area is 120 Å². The van der Waals surface area contributed by atoms with E-state index in [1.165, 1.54) is 0 Å². The van der Waals surface area contributed by atoms with Gasteiger partial charge in [0.15, 0.2) is 5.65 Å². The zero-order chi connectivity index (χ0) is 14.3. The molecule has 20 heavy (non-hydrogen) atoms. The van der Waals surface area contributed by atoms with Gasteiger partial charge >= 0.3 is 0 Å². The SMILES string of the molecule is Cc1[nH]nc2nc(N)c(C#N)c(-c3ccc(Cl)cc3)c12. The van der Waals surface area contributed by atoms with Crippen LogP contribution in [0.5, 0.6) is 0 Å². The lowest BCUT2D eigenvalue weighted by atomic mass is 9.97. The zero-order valence-corrected chi connectivity index (χ0v) is 11.4. The van der Waals surface area contributed by atoms with Crippen molar-refractivity contribution in [2.75, 3.05) is 5.73 Å². The van der Waals surface area contributed by atoms with Crippen molar-refractivity contribution in [2.24, 2.45) is 0 Å². The summed E-state index contributed by atoms with van der Waals surface area (Å²) in [6, 6.07) is 9.37. The van der Waals surface area contributed by atoms with Crippen LogP contribution in [0.2, 0.25) is 5.02 Å². The number of aromatic amines is 1. The molecule has 6 heteroatoms. The second-order valence-corrected chi connectivity index (χ2v) is 4.85. The largest absolute Gasteiger partial charge is 0.383 e. The van der Waals surface area contributed by atoms with Gasteiger partial charge in [-0.3, -0.25) is 5.10 Å². The van der Waals surface area contributed by atoms with Crippen LogP contribution in [-0.2, 0) is 0 Å². The van der Waals surface area contributed by atoms with E-state index in [-0.39, 0.29) is 5.82 Å². The van der Waals surface area contributed by atoms with Gasteiger partial charge < -0.3 is 5.73 Å². The highest BCUT2D eigenvalue weighted by Crippen LogP contribution is 2.35. The average molecular weight is 284 g/mol. The summed E-state index contributed by atoms with van der Waals surface area (Å²) in [5.74, 6) is 0.177. The Hall–Kier alpha value is -2.58. The molecule has 0 spiro atoms. The number of nitriles is 1. The summed E-state index contributed by atoms with van der Waals surface area (Å²) in [6.45, 7) is 1.88. The molecule has 3 rings (SSSR count). The number of nitrogens with two attached hydrogens (primary N) is 1. The Bertz CT molecular complexity index is 843. The number of halogens is 1. The van der Waals surface area contributed by atoms with Gasteiger partial charge in [0, 0.05) is 16.3 Å². The van der Waals surface area contributed by atoms with Crippen LogP contribution in [-0.4, -0.2) is 15.2 Å². The fourth-order valence-corrected chi connectivity index (χ4v) is 2.36. The smallest absolute Gasteiger partial charge is 0.183 e. The molecule has 0 radical (unpaired) electrons. The number of anilines is 1. The molecule has 98 valence electrons. The van der Waals surface area contributed by atoms with Crippen molar-refractivity contribution in [1.29, 1.82) is 5.26 Å². The van der Waals surface area contributed by atoms with Gasteiger partial charge in [0.25, 0.3) is 0 Å². The third-order valence-electron chi connectivity index (χ3n) is 3.16. The second kappa shape index (κ2) is 4.51. The minimum absolute atomic E-state index is 0.177. The summed E-state index contributed by atoms with van der Waals surface area (Å²) in [4.78, 5) is 4.16. The monoisotopic (exact) mass is 283 g/mol. The van der Waals surface area contributed by atoms with Crippen molar-refractivity contribution in [1.82, 2.24) is 15.2 Å². The van der Waals surface area contributed by atoms with Crippen molar-refractivity contribution in [3.05, 3.63) is 40.5 Å². The van der Waals surface area contributed by atoms with E-state index in [0.717, 1.165) is 22.2 Å². The summed E-state index contributed by atoms with van der Waals surface area (Å²) >= 11 is 5.91. The van der Waals surface area contributed by atoms with Crippen LogP contribution < -0.4 is 5.73 Å². The van der Waals surface area contributed by atoms with E-state index in [9.17, 15) is 5.26 Å². The van der Waals surface area contributed by atoms with Crippen molar-refractivity contribution >= 4 is 28.5 Å². The first-order valence-electron chi connectivity index (χ1n) is 5.92. The topological polar surface area (TPSA) is 91.4 Å². The first kappa shape index (κ1) is 12.5. The Kier molecular flexibility index (Phi) is 2.81. The Morgan fingerprint density at radius 2 is 2.00 bits per heavy atom. The van der Waals surface area contributed by atoms with Crippen LogP contribution in [0.25, 0.3) is 22.2 Å². The summed E-state index contributed by atoms with van der Waals surface area (Å²) in [5.41, 5.74) is 9.15. The number of aromatic nitrogens is 3. The maximum Gasteiger partial charge on any atom is 0.183 e. The molecular weight excluding hydrogens is 274 g/mol. The molecular formula is C14H10ClN5. The first-order chi connectivity index (χ1) is 9.61. The normalized spacial score (nSPS) is 10.7. The zero-order valence-electron chi connectivity index (χ0n) is 10.6. The van der Waals surface area contributed by atoms with Gasteiger partial charge in [-0.1, -0.05) is 23.7 Å². The molecule has 0 aliphatic carbocycles. The van der Waals surface area contributed by atoms with Crippen molar-refractivity contribution in [3.8, 4) is 17.2 Å². The lowest BCUT2D eigenvalue weighted by Crippen LogP contribution is -1.99. The molecule has 5 nitrogen and oxygen atoms in total. The molecule has 0 amide bonds. The van der Waals surface area contributed by atoms with Crippen LogP contribution >= 0.6 is 11.6 Å². The number of hydrogen-bond acceptors (Lipinski definition) is 4. The van der Waals surface area contributed by atoms with Crippen molar-refractivity contribution in [3.63, 3.8) is 0 Å². The van der Waals surface area contributed by atoms with Crippen LogP contribution in [0, 0.1) is 18.3 Å². The molecule has 0 unspecified atom stereocenters. The molecule has 0 saturated heterocycles. The van der Waals surface area contributed by atoms with Gasteiger partial charge in [0.1, 0.15) is 17.5 Å². The minimum atomic E-state index is 0.177. The van der Waals surface area contributed by atoms with Gasteiger partial charge in [-0.15, -0.1) is 0 Å². The number of benzene rings is 1. The Balaban J connectivity index is 2.46. The van der Waals surface area contributed by atoms with Crippen LogP contribution in [0.4, 0.5) is 5.82 Å². The van der Waals surface area contributed by atoms with E-state index >= 15 is 0 Å². The summed E-state index contributed by atoms with van der Waals surface area (Å²) in [7, 11) is 0. The molecule has 2 heterocycles. The predicted octanol–water partition coefficient (Wildman–Crippen LogP) is 3.04. The summed E-state index contributed by atoms with van der Waals surface area (Å²) in [5, 5.41) is 17.8. The van der Waals surface area contributed by atoms with Crippen molar-refractivity contribution in [2.45, 2.75) is 6.92 Å². The standard InChI is InChI=1S/C14H10ClN5/c1-7-11-12(8-2-4-9(15)5-3-8)10(6-16)13(17)18-14(11)20-19-7/h2-5H,1H3,(H3,17,18,19,20). The lowest BCUT2D eigenvalue weighted by molar-refractivity contribution is 1.06. The number of H-pyrrole nitrogens is 1. The first-order valence-corrected chi connectivity index (χ1v) is 6.30. The molecule has 0 aliphatic heterocycles. The molecule has 0 fully saturated rings. The highest BCUT2D eigenvalue weighted by molar-refractivity contribution is 6.30. The number of rotatable bonds is 1. The number of nitrogens with one attached hydrogen (secondary N) is 1. The molecule has 2 aromatic heterocycles. The van der Waals surface area contributed by atoms with E-state index in [4.69, 9.17) is 17.3 Å². The molecule has 3 N–H and O–H groups in total. The summed E-state index contributed by atoms with van der Waals surface area (Å²) < 4.78 is 0. The maximum atomic E-state index is 9.38. The number of nitrogens with zero attached hydrogens (tertiary/aromatic N) is 3.